The molecular weight excluding hydrogens is 285 g/mol. The summed E-state index contributed by atoms with van der Waals surface area (Å²) in [7, 11) is 0. The Balaban J connectivity index is 1.94. The first kappa shape index (κ1) is 15.6. The number of nitrogens with one attached hydrogen (secondary N) is 2. The van der Waals surface area contributed by atoms with Gasteiger partial charge in [0, 0.05) is 12.1 Å². The zero-order chi connectivity index (χ0) is 15.3. The molecule has 1 heterocycles. The van der Waals surface area contributed by atoms with E-state index in [1.807, 2.05) is 0 Å². The largest absolute Gasteiger partial charge is 0.573 e. The third-order valence-corrected chi connectivity index (χ3v) is 3.28. The van der Waals surface area contributed by atoms with Crippen LogP contribution in [0.5, 0.6) is 5.75 Å². The minimum atomic E-state index is -4.75. The first-order chi connectivity index (χ1) is 9.96. The molecule has 4 nitrogen and oxygen atoms in total. The third-order valence-electron chi connectivity index (χ3n) is 3.28. The lowest BCUT2D eigenvalue weighted by molar-refractivity contribution is -0.274. The Hall–Kier alpha value is -1.76. The Morgan fingerprint density at radius 2 is 2.10 bits per heavy atom. The molecule has 2 N–H and O–H groups in total. The van der Waals surface area contributed by atoms with Crippen LogP contribution in [0.15, 0.2) is 24.3 Å². The first-order valence-corrected chi connectivity index (χ1v) is 6.80. The molecule has 0 radical (unpaired) electrons. The number of hydrogen-bond donors (Lipinski definition) is 2. The fourth-order valence-electron chi connectivity index (χ4n) is 2.26. The number of rotatable bonds is 4. The Morgan fingerprint density at radius 3 is 2.76 bits per heavy atom. The molecule has 0 saturated carbocycles. The van der Waals surface area contributed by atoms with Crippen LogP contribution in [0.3, 0.4) is 0 Å². The molecular formula is C14H17F3N2O2. The average Bonchev–Trinajstić information content (AvgIpc) is 2.45. The van der Waals surface area contributed by atoms with Gasteiger partial charge in [0.1, 0.15) is 5.75 Å². The number of halogens is 3. The maximum atomic E-state index is 12.3. The number of ether oxygens (including phenoxy) is 1. The van der Waals surface area contributed by atoms with E-state index in [9.17, 15) is 18.0 Å². The van der Waals surface area contributed by atoms with Crippen molar-refractivity contribution in [3.05, 3.63) is 29.8 Å². The van der Waals surface area contributed by atoms with Gasteiger partial charge in [-0.2, -0.15) is 0 Å². The number of carbonyl (C=O) groups is 1. The number of carbonyl (C=O) groups excluding carboxylic acids is 1. The normalized spacial score (nSPS) is 19.1. The monoisotopic (exact) mass is 302 g/mol. The van der Waals surface area contributed by atoms with Crippen LogP contribution in [-0.4, -0.2) is 24.9 Å². The van der Waals surface area contributed by atoms with Crippen LogP contribution >= 0.6 is 0 Å². The molecule has 1 aromatic carbocycles. The van der Waals surface area contributed by atoms with E-state index in [1.165, 1.54) is 18.2 Å². The molecule has 7 heteroatoms. The summed E-state index contributed by atoms with van der Waals surface area (Å²) >= 11 is 0. The number of para-hydroxylation sites is 1. The minimum absolute atomic E-state index is 0.00324. The lowest BCUT2D eigenvalue weighted by Crippen LogP contribution is -2.46. The van der Waals surface area contributed by atoms with Gasteiger partial charge in [0.25, 0.3) is 0 Å². The maximum absolute atomic E-state index is 12.3. The molecule has 21 heavy (non-hydrogen) atoms. The van der Waals surface area contributed by atoms with E-state index < -0.39 is 6.36 Å². The maximum Gasteiger partial charge on any atom is 0.573 e. The second kappa shape index (κ2) is 6.80. The van der Waals surface area contributed by atoms with Crippen molar-refractivity contribution in [2.75, 3.05) is 6.54 Å². The average molecular weight is 302 g/mol. The highest BCUT2D eigenvalue weighted by Crippen LogP contribution is 2.26. The highest BCUT2D eigenvalue weighted by Gasteiger charge is 2.32. The Bertz CT molecular complexity index is 485. The molecule has 1 saturated heterocycles. The van der Waals surface area contributed by atoms with Crippen LogP contribution in [0.4, 0.5) is 13.2 Å². The van der Waals surface area contributed by atoms with Gasteiger partial charge in [-0.05, 0) is 25.5 Å². The van der Waals surface area contributed by atoms with Gasteiger partial charge in [0.05, 0.1) is 6.04 Å². The second-order valence-corrected chi connectivity index (χ2v) is 4.88. The van der Waals surface area contributed by atoms with E-state index in [0.717, 1.165) is 25.8 Å². The molecule has 1 aliphatic rings. The number of benzene rings is 1. The van der Waals surface area contributed by atoms with Crippen LogP contribution in [-0.2, 0) is 11.3 Å². The highest BCUT2D eigenvalue weighted by molar-refractivity contribution is 5.81. The Kier molecular flexibility index (Phi) is 5.06. The summed E-state index contributed by atoms with van der Waals surface area (Å²) < 4.78 is 40.8. The van der Waals surface area contributed by atoms with E-state index in [0.29, 0.717) is 5.56 Å². The van der Waals surface area contributed by atoms with Crippen LogP contribution in [0.1, 0.15) is 24.8 Å². The molecule has 2 rings (SSSR count). The predicted octanol–water partition coefficient (Wildman–Crippen LogP) is 2.34. The molecule has 1 aromatic rings. The molecule has 0 bridgehead atoms. The Morgan fingerprint density at radius 1 is 1.33 bits per heavy atom. The van der Waals surface area contributed by atoms with Crippen molar-refractivity contribution in [1.82, 2.24) is 10.6 Å². The van der Waals surface area contributed by atoms with Crippen molar-refractivity contribution >= 4 is 5.91 Å². The number of amides is 1. The van der Waals surface area contributed by atoms with E-state index in [1.54, 1.807) is 6.07 Å². The standard InChI is InChI=1S/C14H17F3N2O2/c15-14(16,17)21-12-7-2-1-5-10(12)9-19-13(20)11-6-3-4-8-18-11/h1-2,5,7,11,18H,3-4,6,8-9H2,(H,19,20)/t11-/m1/s1. The van der Waals surface area contributed by atoms with Gasteiger partial charge in [-0.3, -0.25) is 4.79 Å². The zero-order valence-corrected chi connectivity index (χ0v) is 11.4. The van der Waals surface area contributed by atoms with Crippen LogP contribution < -0.4 is 15.4 Å². The van der Waals surface area contributed by atoms with E-state index in [-0.39, 0.29) is 24.2 Å². The highest BCUT2D eigenvalue weighted by atomic mass is 19.4. The molecule has 0 aliphatic carbocycles. The van der Waals surface area contributed by atoms with Gasteiger partial charge in [-0.1, -0.05) is 24.6 Å². The van der Waals surface area contributed by atoms with Gasteiger partial charge in [-0.15, -0.1) is 13.2 Å². The van der Waals surface area contributed by atoms with Crippen LogP contribution in [0, 0.1) is 0 Å². The third kappa shape index (κ3) is 4.93. The summed E-state index contributed by atoms with van der Waals surface area (Å²) in [6.07, 6.45) is -2.00. The molecule has 0 unspecified atom stereocenters. The SMILES string of the molecule is O=C(NCc1ccccc1OC(F)(F)F)[C@H]1CCCCN1. The predicted molar refractivity (Wildman–Crippen MR) is 70.6 cm³/mol. The summed E-state index contributed by atoms with van der Waals surface area (Å²) in [5.41, 5.74) is 0.291. The number of hydrogen-bond acceptors (Lipinski definition) is 3. The smallest absolute Gasteiger partial charge is 0.405 e. The molecule has 1 atom stereocenters. The van der Waals surface area contributed by atoms with Gasteiger partial charge < -0.3 is 15.4 Å². The quantitative estimate of drug-likeness (QED) is 0.897. The zero-order valence-electron chi connectivity index (χ0n) is 11.4. The van der Waals surface area contributed by atoms with Crippen molar-refractivity contribution in [3.63, 3.8) is 0 Å². The number of piperidine rings is 1. The fourth-order valence-corrected chi connectivity index (χ4v) is 2.26. The first-order valence-electron chi connectivity index (χ1n) is 6.80. The summed E-state index contributed by atoms with van der Waals surface area (Å²) in [5, 5.41) is 5.73. The summed E-state index contributed by atoms with van der Waals surface area (Å²) in [6.45, 7) is 0.787. The molecule has 1 fully saturated rings. The lowest BCUT2D eigenvalue weighted by atomic mass is 10.0. The lowest BCUT2D eigenvalue weighted by Gasteiger charge is -2.22. The van der Waals surface area contributed by atoms with E-state index in [4.69, 9.17) is 0 Å². The van der Waals surface area contributed by atoms with Crippen molar-refractivity contribution in [1.29, 1.82) is 0 Å². The minimum Gasteiger partial charge on any atom is -0.405 e. The van der Waals surface area contributed by atoms with Gasteiger partial charge >= 0.3 is 6.36 Å². The van der Waals surface area contributed by atoms with E-state index in [2.05, 4.69) is 15.4 Å². The topological polar surface area (TPSA) is 50.4 Å². The number of alkyl halides is 3. The van der Waals surface area contributed by atoms with Gasteiger partial charge in [0.2, 0.25) is 5.91 Å². The van der Waals surface area contributed by atoms with Crippen LogP contribution in [0.25, 0.3) is 0 Å². The van der Waals surface area contributed by atoms with E-state index >= 15 is 0 Å². The van der Waals surface area contributed by atoms with Crippen molar-refractivity contribution in [3.8, 4) is 5.75 Å². The molecule has 0 spiro atoms. The molecule has 1 amide bonds. The molecule has 1 aliphatic heterocycles. The molecule has 0 aromatic heterocycles. The van der Waals surface area contributed by atoms with Crippen molar-refractivity contribution in [2.45, 2.75) is 38.2 Å². The summed E-state index contributed by atoms with van der Waals surface area (Å²) in [5.74, 6) is -0.488. The van der Waals surface area contributed by atoms with Crippen molar-refractivity contribution in [2.24, 2.45) is 0 Å². The molecule has 116 valence electrons. The van der Waals surface area contributed by atoms with Crippen LogP contribution in [0.2, 0.25) is 0 Å². The second-order valence-electron chi connectivity index (χ2n) is 4.88. The Labute approximate surface area is 120 Å². The van der Waals surface area contributed by atoms with Gasteiger partial charge in [0.15, 0.2) is 0 Å². The summed E-state index contributed by atoms with van der Waals surface area (Å²) in [6, 6.07) is 5.51. The van der Waals surface area contributed by atoms with Gasteiger partial charge in [-0.25, -0.2) is 0 Å². The fraction of sp³-hybridized carbons (Fsp3) is 0.500. The van der Waals surface area contributed by atoms with Crippen molar-refractivity contribution < 1.29 is 22.7 Å². The summed E-state index contributed by atoms with van der Waals surface area (Å²) in [4.78, 5) is 11.9.